The van der Waals surface area contributed by atoms with Crippen molar-refractivity contribution in [2.45, 2.75) is 13.8 Å². The molecule has 82 valence electrons. The lowest BCUT2D eigenvalue weighted by atomic mass is 10.1. The smallest absolute Gasteiger partial charge is 0.263 e. The highest BCUT2D eigenvalue weighted by atomic mass is 32.2. The zero-order chi connectivity index (χ0) is 11.7. The maximum atomic E-state index is 11.5. The largest absolute Gasteiger partial charge is 0.307 e. The van der Waals surface area contributed by atoms with E-state index in [1.165, 1.54) is 22.9 Å². The van der Waals surface area contributed by atoms with E-state index in [1.807, 2.05) is 12.1 Å². The fraction of sp³-hybridized carbons (Fsp3) is 0.167. The number of aryl methyl sites for hydroxylation is 2. The third-order valence-electron chi connectivity index (χ3n) is 2.47. The molecule has 0 aromatic heterocycles. The molecule has 1 aromatic rings. The van der Waals surface area contributed by atoms with E-state index in [0.717, 1.165) is 5.56 Å². The van der Waals surface area contributed by atoms with Crippen molar-refractivity contribution >= 4 is 40.3 Å². The average Bonchev–Trinajstić information content (AvgIpc) is 2.51. The number of thioether (sulfide) groups is 1. The molecule has 16 heavy (non-hydrogen) atoms. The molecule has 0 aliphatic carbocycles. The predicted octanol–water partition coefficient (Wildman–Crippen LogP) is 2.79. The van der Waals surface area contributed by atoms with Crippen molar-refractivity contribution in [3.63, 3.8) is 0 Å². The summed E-state index contributed by atoms with van der Waals surface area (Å²) in [6.45, 7) is 4.13. The van der Waals surface area contributed by atoms with Gasteiger partial charge in [-0.15, -0.1) is 0 Å². The van der Waals surface area contributed by atoms with E-state index in [-0.39, 0.29) is 5.91 Å². The van der Waals surface area contributed by atoms with Crippen molar-refractivity contribution in [1.29, 1.82) is 0 Å². The van der Waals surface area contributed by atoms with Gasteiger partial charge in [0.15, 0.2) is 0 Å². The number of nitrogens with one attached hydrogen (secondary N) is 1. The van der Waals surface area contributed by atoms with E-state index >= 15 is 0 Å². The quantitative estimate of drug-likeness (QED) is 0.613. The summed E-state index contributed by atoms with van der Waals surface area (Å²) in [6.07, 6.45) is 1.87. The molecule has 1 aliphatic heterocycles. The molecule has 0 bridgehead atoms. The maximum Gasteiger partial charge on any atom is 0.263 e. The molecule has 1 N–H and O–H groups in total. The Bertz CT molecular complexity index is 506. The van der Waals surface area contributed by atoms with E-state index in [1.54, 1.807) is 0 Å². The van der Waals surface area contributed by atoms with Crippen LogP contribution in [0.4, 0.5) is 0 Å². The summed E-state index contributed by atoms with van der Waals surface area (Å²) in [4.78, 5) is 12.1. The topological polar surface area (TPSA) is 29.1 Å². The van der Waals surface area contributed by atoms with Crippen LogP contribution in [-0.2, 0) is 4.79 Å². The summed E-state index contributed by atoms with van der Waals surface area (Å²) in [7, 11) is 0. The van der Waals surface area contributed by atoms with Crippen molar-refractivity contribution in [3.05, 3.63) is 39.8 Å². The highest BCUT2D eigenvalue weighted by Crippen LogP contribution is 2.26. The normalized spacial score (nSPS) is 18.0. The van der Waals surface area contributed by atoms with E-state index < -0.39 is 0 Å². The van der Waals surface area contributed by atoms with Gasteiger partial charge in [0.1, 0.15) is 4.32 Å². The van der Waals surface area contributed by atoms with Crippen LogP contribution in [0.5, 0.6) is 0 Å². The number of carbonyl (C=O) groups is 1. The second-order valence-electron chi connectivity index (χ2n) is 3.70. The molecule has 4 heteroatoms. The number of thiocarbonyl (C=S) groups is 1. The summed E-state index contributed by atoms with van der Waals surface area (Å²) in [6, 6.07) is 6.12. The number of rotatable bonds is 1. The molecule has 1 amide bonds. The van der Waals surface area contributed by atoms with Gasteiger partial charge in [-0.2, -0.15) is 0 Å². The molecular weight excluding hydrogens is 238 g/mol. The van der Waals surface area contributed by atoms with Gasteiger partial charge in [0.25, 0.3) is 5.91 Å². The minimum Gasteiger partial charge on any atom is -0.307 e. The zero-order valence-electron chi connectivity index (χ0n) is 9.03. The van der Waals surface area contributed by atoms with E-state index in [2.05, 4.69) is 31.3 Å². The van der Waals surface area contributed by atoms with Crippen molar-refractivity contribution < 1.29 is 4.79 Å². The number of hydrogen-bond acceptors (Lipinski definition) is 3. The highest BCUT2D eigenvalue weighted by Gasteiger charge is 2.21. The van der Waals surface area contributed by atoms with E-state index in [0.29, 0.717) is 9.23 Å². The van der Waals surface area contributed by atoms with Gasteiger partial charge in [-0.25, -0.2) is 0 Å². The molecule has 0 atom stereocenters. The lowest BCUT2D eigenvalue weighted by Gasteiger charge is -2.01. The first kappa shape index (κ1) is 11.4. The number of carbonyl (C=O) groups excluding carboxylic acids is 1. The molecule has 1 aromatic carbocycles. The lowest BCUT2D eigenvalue weighted by Crippen LogP contribution is -2.17. The first-order valence-corrected chi connectivity index (χ1v) is 6.11. The third-order valence-corrected chi connectivity index (χ3v) is 3.63. The standard InChI is InChI=1S/C12H11NOS2/c1-7-3-4-9(5-8(7)2)6-10-11(14)13-12(15)16-10/h3-6H,1-2H3,(H,13,14,15). The van der Waals surface area contributed by atoms with Crippen LogP contribution < -0.4 is 5.32 Å². The van der Waals surface area contributed by atoms with Crippen molar-refractivity contribution in [2.75, 3.05) is 0 Å². The summed E-state index contributed by atoms with van der Waals surface area (Å²) >= 11 is 6.24. The van der Waals surface area contributed by atoms with Gasteiger partial charge in [0.05, 0.1) is 4.91 Å². The molecule has 0 saturated carbocycles. The Morgan fingerprint density at radius 3 is 2.62 bits per heavy atom. The Morgan fingerprint density at radius 1 is 1.31 bits per heavy atom. The van der Waals surface area contributed by atoms with Gasteiger partial charge in [0, 0.05) is 0 Å². The lowest BCUT2D eigenvalue weighted by molar-refractivity contribution is -0.115. The van der Waals surface area contributed by atoms with Crippen molar-refractivity contribution in [1.82, 2.24) is 5.32 Å². The molecule has 0 radical (unpaired) electrons. The van der Waals surface area contributed by atoms with Gasteiger partial charge in [0.2, 0.25) is 0 Å². The summed E-state index contributed by atoms with van der Waals surface area (Å²) in [5.74, 6) is -0.103. The van der Waals surface area contributed by atoms with Crippen LogP contribution in [0.1, 0.15) is 16.7 Å². The minimum atomic E-state index is -0.103. The fourth-order valence-electron chi connectivity index (χ4n) is 1.43. The molecule has 0 spiro atoms. The second-order valence-corrected chi connectivity index (χ2v) is 5.41. The zero-order valence-corrected chi connectivity index (χ0v) is 10.7. The van der Waals surface area contributed by atoms with Crippen molar-refractivity contribution in [2.24, 2.45) is 0 Å². The van der Waals surface area contributed by atoms with Crippen LogP contribution in [0.3, 0.4) is 0 Å². The Balaban J connectivity index is 2.32. The Kier molecular flexibility index (Phi) is 3.12. The summed E-state index contributed by atoms with van der Waals surface area (Å²) < 4.78 is 0.528. The molecule has 2 rings (SSSR count). The second kappa shape index (κ2) is 4.39. The Hall–Kier alpha value is -1.13. The first-order chi connectivity index (χ1) is 7.56. The maximum absolute atomic E-state index is 11.5. The number of benzene rings is 1. The van der Waals surface area contributed by atoms with Crippen LogP contribution in [0, 0.1) is 13.8 Å². The molecule has 2 nitrogen and oxygen atoms in total. The van der Waals surface area contributed by atoms with Crippen LogP contribution in [0.2, 0.25) is 0 Å². The van der Waals surface area contributed by atoms with Gasteiger partial charge in [-0.1, -0.05) is 42.2 Å². The minimum absolute atomic E-state index is 0.103. The van der Waals surface area contributed by atoms with Crippen LogP contribution in [0.15, 0.2) is 23.1 Å². The van der Waals surface area contributed by atoms with Crippen LogP contribution in [0.25, 0.3) is 6.08 Å². The SMILES string of the molecule is Cc1ccc(C=C2SC(=S)NC2=O)cc1C. The van der Waals surface area contributed by atoms with Gasteiger partial charge < -0.3 is 5.32 Å². The monoisotopic (exact) mass is 249 g/mol. The third kappa shape index (κ3) is 2.33. The molecule has 1 saturated heterocycles. The van der Waals surface area contributed by atoms with Crippen molar-refractivity contribution in [3.8, 4) is 0 Å². The Labute approximate surface area is 104 Å². The van der Waals surface area contributed by atoms with Gasteiger partial charge in [-0.3, -0.25) is 4.79 Å². The summed E-state index contributed by atoms with van der Waals surface area (Å²) in [5.41, 5.74) is 3.51. The molecule has 1 heterocycles. The molecule has 1 aliphatic rings. The molecule has 0 unspecified atom stereocenters. The number of amides is 1. The fourth-order valence-corrected chi connectivity index (χ4v) is 2.47. The van der Waals surface area contributed by atoms with Gasteiger partial charge >= 0.3 is 0 Å². The van der Waals surface area contributed by atoms with Gasteiger partial charge in [-0.05, 0) is 36.6 Å². The average molecular weight is 249 g/mol. The Morgan fingerprint density at radius 2 is 2.06 bits per heavy atom. The van der Waals surface area contributed by atoms with E-state index in [9.17, 15) is 4.79 Å². The number of hydrogen-bond donors (Lipinski definition) is 1. The highest BCUT2D eigenvalue weighted by molar-refractivity contribution is 8.26. The predicted molar refractivity (Wildman–Crippen MR) is 72.2 cm³/mol. The molecular formula is C12H11NOS2. The molecule has 1 fully saturated rings. The van der Waals surface area contributed by atoms with Crippen LogP contribution >= 0.6 is 24.0 Å². The summed E-state index contributed by atoms with van der Waals surface area (Å²) in [5, 5.41) is 2.60. The van der Waals surface area contributed by atoms with Crippen LogP contribution in [-0.4, -0.2) is 10.2 Å². The van der Waals surface area contributed by atoms with E-state index in [4.69, 9.17) is 12.2 Å². The first-order valence-electron chi connectivity index (χ1n) is 4.88.